The van der Waals surface area contributed by atoms with Gasteiger partial charge in [-0.3, -0.25) is 5.10 Å². The van der Waals surface area contributed by atoms with Crippen LogP contribution in [0.25, 0.3) is 0 Å². The van der Waals surface area contributed by atoms with Gasteiger partial charge < -0.3 is 9.47 Å². The predicted molar refractivity (Wildman–Crippen MR) is 93.0 cm³/mol. The Morgan fingerprint density at radius 1 is 1.26 bits per heavy atom. The number of hydrogen-bond donors (Lipinski definition) is 1. The van der Waals surface area contributed by atoms with Gasteiger partial charge in [-0.2, -0.15) is 14.9 Å². The van der Waals surface area contributed by atoms with Crippen LogP contribution in [0.15, 0.2) is 29.6 Å². The number of aromatic amines is 1. The molecule has 0 unspecified atom stereocenters. The summed E-state index contributed by atoms with van der Waals surface area (Å²) in [5.74, 6) is 1.49. The number of unbranched alkanes of at least 4 members (excludes halogenated alkanes) is 2. The van der Waals surface area contributed by atoms with Crippen molar-refractivity contribution in [1.82, 2.24) is 14.9 Å². The lowest BCUT2D eigenvalue weighted by molar-refractivity contribution is 0.271. The van der Waals surface area contributed by atoms with Crippen LogP contribution in [0.5, 0.6) is 11.5 Å². The first-order chi connectivity index (χ1) is 11.2. The molecule has 0 aliphatic carbocycles. The first-order valence-corrected chi connectivity index (χ1v) is 8.21. The lowest BCUT2D eigenvalue weighted by atomic mass is 10.2. The van der Waals surface area contributed by atoms with Crippen LogP contribution in [-0.4, -0.2) is 34.3 Å². The van der Waals surface area contributed by atoms with E-state index in [-0.39, 0.29) is 0 Å². The Hall–Kier alpha value is -2.15. The Balaban J connectivity index is 2.10. The number of ether oxygens (including phenoxy) is 2. The Morgan fingerprint density at radius 2 is 2.13 bits per heavy atom. The maximum atomic E-state index is 5.81. The van der Waals surface area contributed by atoms with Crippen LogP contribution in [-0.2, 0) is 0 Å². The van der Waals surface area contributed by atoms with E-state index >= 15 is 0 Å². The average Bonchev–Trinajstić information content (AvgIpc) is 2.96. The highest BCUT2D eigenvalue weighted by molar-refractivity contribution is 7.71. The molecule has 1 aromatic carbocycles. The molecule has 1 aromatic heterocycles. The Labute approximate surface area is 141 Å². The molecular weight excluding hydrogens is 312 g/mol. The highest BCUT2D eigenvalue weighted by Crippen LogP contribution is 2.28. The van der Waals surface area contributed by atoms with Crippen molar-refractivity contribution in [1.29, 1.82) is 0 Å². The van der Waals surface area contributed by atoms with E-state index < -0.39 is 0 Å². The molecule has 2 rings (SSSR count). The van der Waals surface area contributed by atoms with Crippen molar-refractivity contribution in [2.24, 2.45) is 5.10 Å². The zero-order valence-corrected chi connectivity index (χ0v) is 14.3. The second-order valence-electron chi connectivity index (χ2n) is 4.95. The monoisotopic (exact) mass is 334 g/mol. The van der Waals surface area contributed by atoms with Crippen molar-refractivity contribution in [3.63, 3.8) is 0 Å². The third-order valence-electron chi connectivity index (χ3n) is 3.14. The molecule has 1 heterocycles. The maximum absolute atomic E-state index is 5.81. The van der Waals surface area contributed by atoms with Crippen LogP contribution in [0.2, 0.25) is 0 Å². The minimum Gasteiger partial charge on any atom is -0.490 e. The maximum Gasteiger partial charge on any atom is 0.216 e. The quantitative estimate of drug-likeness (QED) is 0.430. The first kappa shape index (κ1) is 17.2. The smallest absolute Gasteiger partial charge is 0.216 e. The van der Waals surface area contributed by atoms with Crippen LogP contribution in [0.3, 0.4) is 0 Å². The molecule has 0 amide bonds. The van der Waals surface area contributed by atoms with Crippen molar-refractivity contribution in [3.8, 4) is 11.5 Å². The standard InChI is InChI=1S/C16H22N4O2S/c1-3-5-6-9-22-14-8-7-13(10-15(14)21-4-2)11-18-20-12-17-19-16(20)23/h7-8,10-12H,3-6,9H2,1-2H3,(H,19,23)/b18-11+. The molecule has 0 saturated carbocycles. The third-order valence-corrected chi connectivity index (χ3v) is 3.42. The summed E-state index contributed by atoms with van der Waals surface area (Å²) in [5, 5.41) is 10.7. The van der Waals surface area contributed by atoms with Crippen LogP contribution >= 0.6 is 12.2 Å². The van der Waals surface area contributed by atoms with Crippen LogP contribution in [0.1, 0.15) is 38.7 Å². The van der Waals surface area contributed by atoms with Gasteiger partial charge in [-0.25, -0.2) is 0 Å². The van der Waals surface area contributed by atoms with E-state index in [9.17, 15) is 0 Å². The SMILES string of the molecule is CCCCCOc1ccc(/C=N/n2cn[nH]c2=S)cc1OCC. The van der Waals surface area contributed by atoms with Crippen molar-refractivity contribution >= 4 is 18.4 Å². The lowest BCUT2D eigenvalue weighted by Gasteiger charge is -2.12. The summed E-state index contributed by atoms with van der Waals surface area (Å²) in [6.45, 7) is 5.41. The Kier molecular flexibility index (Phi) is 6.80. The molecule has 0 aliphatic rings. The molecule has 0 spiro atoms. The van der Waals surface area contributed by atoms with Gasteiger partial charge in [0.25, 0.3) is 0 Å². The molecule has 7 heteroatoms. The van der Waals surface area contributed by atoms with E-state index in [1.54, 1.807) is 6.21 Å². The summed E-state index contributed by atoms with van der Waals surface area (Å²) >= 11 is 5.04. The van der Waals surface area contributed by atoms with Gasteiger partial charge in [0.1, 0.15) is 6.33 Å². The molecule has 23 heavy (non-hydrogen) atoms. The molecule has 0 bridgehead atoms. The Morgan fingerprint density at radius 3 is 2.83 bits per heavy atom. The molecular formula is C16H22N4O2S. The normalized spacial score (nSPS) is 11.0. The van der Waals surface area contributed by atoms with E-state index in [1.807, 2.05) is 25.1 Å². The second kappa shape index (κ2) is 9.09. The van der Waals surface area contributed by atoms with E-state index in [0.29, 0.717) is 18.0 Å². The van der Waals surface area contributed by atoms with Gasteiger partial charge in [0.15, 0.2) is 11.5 Å². The highest BCUT2D eigenvalue weighted by atomic mass is 32.1. The van der Waals surface area contributed by atoms with Crippen molar-refractivity contribution in [3.05, 3.63) is 34.9 Å². The van der Waals surface area contributed by atoms with Crippen LogP contribution in [0, 0.1) is 4.77 Å². The number of aromatic nitrogens is 3. The van der Waals surface area contributed by atoms with Gasteiger partial charge in [0.2, 0.25) is 4.77 Å². The number of nitrogens with one attached hydrogen (secondary N) is 1. The summed E-state index contributed by atoms with van der Waals surface area (Å²) < 4.78 is 13.4. The van der Waals surface area contributed by atoms with Gasteiger partial charge >= 0.3 is 0 Å². The number of rotatable bonds is 9. The van der Waals surface area contributed by atoms with Crippen LogP contribution in [0.4, 0.5) is 0 Å². The van der Waals surface area contributed by atoms with E-state index in [2.05, 4.69) is 22.2 Å². The fourth-order valence-corrected chi connectivity index (χ4v) is 2.13. The fourth-order valence-electron chi connectivity index (χ4n) is 1.98. The molecule has 0 atom stereocenters. The number of nitrogens with zero attached hydrogens (tertiary/aromatic N) is 3. The van der Waals surface area contributed by atoms with Gasteiger partial charge in [-0.1, -0.05) is 19.8 Å². The van der Waals surface area contributed by atoms with Crippen molar-refractivity contribution in [2.75, 3.05) is 13.2 Å². The molecule has 0 radical (unpaired) electrons. The second-order valence-corrected chi connectivity index (χ2v) is 5.33. The molecule has 0 fully saturated rings. The van der Waals surface area contributed by atoms with E-state index in [4.69, 9.17) is 21.7 Å². The van der Waals surface area contributed by atoms with Crippen molar-refractivity contribution in [2.45, 2.75) is 33.1 Å². The zero-order chi connectivity index (χ0) is 16.5. The highest BCUT2D eigenvalue weighted by Gasteiger charge is 2.06. The van der Waals surface area contributed by atoms with Gasteiger partial charge in [-0.15, -0.1) is 0 Å². The lowest BCUT2D eigenvalue weighted by Crippen LogP contribution is -2.01. The molecule has 6 nitrogen and oxygen atoms in total. The van der Waals surface area contributed by atoms with Gasteiger partial charge in [0, 0.05) is 0 Å². The topological polar surface area (TPSA) is 64.4 Å². The number of hydrogen-bond acceptors (Lipinski definition) is 5. The largest absolute Gasteiger partial charge is 0.490 e. The molecule has 124 valence electrons. The minimum absolute atomic E-state index is 0.446. The summed E-state index contributed by atoms with van der Waals surface area (Å²) in [4.78, 5) is 0. The summed E-state index contributed by atoms with van der Waals surface area (Å²) in [7, 11) is 0. The van der Waals surface area contributed by atoms with Gasteiger partial charge in [0.05, 0.1) is 19.4 Å². The average molecular weight is 334 g/mol. The van der Waals surface area contributed by atoms with E-state index in [0.717, 1.165) is 23.5 Å². The predicted octanol–water partition coefficient (Wildman–Crippen LogP) is 3.79. The van der Waals surface area contributed by atoms with Gasteiger partial charge in [-0.05, 0) is 49.3 Å². The Bertz CT molecular complexity index is 693. The summed E-state index contributed by atoms with van der Waals surface area (Å²) in [5.41, 5.74) is 0.900. The minimum atomic E-state index is 0.446. The fraction of sp³-hybridized carbons (Fsp3) is 0.438. The number of H-pyrrole nitrogens is 1. The summed E-state index contributed by atoms with van der Waals surface area (Å²) in [6.07, 6.45) is 6.61. The van der Waals surface area contributed by atoms with Crippen LogP contribution < -0.4 is 9.47 Å². The molecule has 0 aliphatic heterocycles. The summed E-state index contributed by atoms with van der Waals surface area (Å²) in [6, 6.07) is 5.75. The molecule has 0 saturated heterocycles. The number of benzene rings is 1. The molecule has 2 aromatic rings. The zero-order valence-electron chi connectivity index (χ0n) is 13.5. The molecule has 1 N–H and O–H groups in total. The van der Waals surface area contributed by atoms with Crippen molar-refractivity contribution < 1.29 is 9.47 Å². The first-order valence-electron chi connectivity index (χ1n) is 7.80. The third kappa shape index (κ3) is 5.21. The van der Waals surface area contributed by atoms with E-state index in [1.165, 1.54) is 23.8 Å².